The van der Waals surface area contributed by atoms with Crippen LogP contribution in [-0.4, -0.2) is 16.0 Å². The lowest BCUT2D eigenvalue weighted by atomic mass is 10.2. The van der Waals surface area contributed by atoms with Crippen molar-refractivity contribution in [2.24, 2.45) is 0 Å². The number of hydrogen-bond acceptors (Lipinski definition) is 4. The number of carbonyl (C=O) groups excluding carboxylic acids is 1. The zero-order valence-electron chi connectivity index (χ0n) is 11.5. The van der Waals surface area contributed by atoms with Gasteiger partial charge in [0.05, 0.1) is 15.8 Å². The fourth-order valence-corrected chi connectivity index (χ4v) is 3.57. The predicted octanol–water partition coefficient (Wildman–Crippen LogP) is 4.32. The number of fused-ring (bicyclic) bond motifs is 1. The highest BCUT2D eigenvalue weighted by molar-refractivity contribution is 9.10. The van der Waals surface area contributed by atoms with E-state index in [1.807, 2.05) is 18.2 Å². The van der Waals surface area contributed by atoms with Gasteiger partial charge in [-0.2, -0.15) is 0 Å². The summed E-state index contributed by atoms with van der Waals surface area (Å²) in [5, 5.41) is 5.90. The number of thiocarbonyl (C=S) groups is 1. The molecule has 0 fully saturated rings. The second-order valence-electron chi connectivity index (χ2n) is 4.52. The minimum Gasteiger partial charge on any atom is -0.308 e. The molecule has 0 atom stereocenters. The van der Waals surface area contributed by atoms with Crippen molar-refractivity contribution in [1.29, 1.82) is 0 Å². The van der Waals surface area contributed by atoms with E-state index in [9.17, 15) is 9.18 Å². The number of hydrogen-bond donors (Lipinski definition) is 2. The number of anilines is 1. The molecule has 1 amide bonds. The predicted molar refractivity (Wildman–Crippen MR) is 97.4 cm³/mol. The molecule has 0 aliphatic carbocycles. The summed E-state index contributed by atoms with van der Waals surface area (Å²) in [6.07, 6.45) is 0. The van der Waals surface area contributed by atoms with Crippen molar-refractivity contribution in [3.63, 3.8) is 0 Å². The lowest BCUT2D eigenvalue weighted by Crippen LogP contribution is -2.34. The quantitative estimate of drug-likeness (QED) is 0.618. The Balaban J connectivity index is 1.71. The summed E-state index contributed by atoms with van der Waals surface area (Å²) < 4.78 is 15.5. The third-order valence-corrected chi connectivity index (χ3v) is 4.55. The molecule has 0 aliphatic rings. The molecule has 4 nitrogen and oxygen atoms in total. The van der Waals surface area contributed by atoms with Crippen molar-refractivity contribution < 1.29 is 9.18 Å². The molecule has 23 heavy (non-hydrogen) atoms. The van der Waals surface area contributed by atoms with E-state index in [4.69, 9.17) is 12.2 Å². The number of nitrogens with zero attached hydrogens (tertiary/aromatic N) is 1. The van der Waals surface area contributed by atoms with Crippen LogP contribution in [0.15, 0.2) is 46.9 Å². The van der Waals surface area contributed by atoms with Gasteiger partial charge in [0.15, 0.2) is 10.2 Å². The Hall–Kier alpha value is -1.90. The average molecular weight is 410 g/mol. The first-order valence-corrected chi connectivity index (χ1v) is 8.47. The SMILES string of the molecule is O=C(NC(=S)Nc1nc2ccc(Br)cc2s1)c1ccccc1F. The maximum atomic E-state index is 13.6. The standard InChI is InChI=1S/C15H9BrFN3OS2/c16-8-5-6-11-12(7-8)23-15(18-11)20-14(22)19-13(21)9-3-1-2-4-10(9)17/h1-7H,(H2,18,19,20,21,22). The molecule has 3 rings (SSSR count). The number of benzene rings is 2. The highest BCUT2D eigenvalue weighted by Crippen LogP contribution is 2.28. The number of carbonyl (C=O) groups is 1. The van der Waals surface area contributed by atoms with Gasteiger partial charge in [0.2, 0.25) is 0 Å². The molecule has 0 saturated heterocycles. The van der Waals surface area contributed by atoms with Crippen molar-refractivity contribution in [1.82, 2.24) is 10.3 Å². The van der Waals surface area contributed by atoms with Crippen LogP contribution in [0.2, 0.25) is 0 Å². The summed E-state index contributed by atoms with van der Waals surface area (Å²) >= 11 is 9.88. The molecule has 1 aromatic heterocycles. The molecular formula is C15H9BrFN3OS2. The van der Waals surface area contributed by atoms with E-state index in [0.717, 1.165) is 14.7 Å². The highest BCUT2D eigenvalue weighted by atomic mass is 79.9. The third kappa shape index (κ3) is 3.72. The van der Waals surface area contributed by atoms with Crippen LogP contribution in [0, 0.1) is 5.82 Å². The van der Waals surface area contributed by atoms with Crippen molar-refractivity contribution in [2.45, 2.75) is 0 Å². The first kappa shape index (κ1) is 16.0. The highest BCUT2D eigenvalue weighted by Gasteiger charge is 2.13. The van der Waals surface area contributed by atoms with Gasteiger partial charge in [-0.05, 0) is 42.5 Å². The fraction of sp³-hybridized carbons (Fsp3) is 0. The molecule has 0 aliphatic heterocycles. The van der Waals surface area contributed by atoms with Gasteiger partial charge in [-0.3, -0.25) is 10.1 Å². The Labute approximate surface area is 148 Å². The first-order valence-electron chi connectivity index (χ1n) is 6.46. The van der Waals surface area contributed by atoms with Gasteiger partial charge in [-0.1, -0.05) is 39.4 Å². The van der Waals surface area contributed by atoms with E-state index in [0.29, 0.717) is 5.13 Å². The van der Waals surface area contributed by atoms with Gasteiger partial charge >= 0.3 is 0 Å². The molecule has 0 unspecified atom stereocenters. The second-order valence-corrected chi connectivity index (χ2v) is 6.87. The Kier molecular flexibility index (Phi) is 4.65. The van der Waals surface area contributed by atoms with Crippen LogP contribution >= 0.6 is 39.5 Å². The number of aromatic nitrogens is 1. The van der Waals surface area contributed by atoms with E-state index >= 15 is 0 Å². The van der Waals surface area contributed by atoms with E-state index < -0.39 is 11.7 Å². The van der Waals surface area contributed by atoms with Gasteiger partial charge in [-0.25, -0.2) is 9.37 Å². The molecule has 1 heterocycles. The normalized spacial score (nSPS) is 10.5. The van der Waals surface area contributed by atoms with Crippen LogP contribution in [0.3, 0.4) is 0 Å². The lowest BCUT2D eigenvalue weighted by Gasteiger charge is -2.07. The van der Waals surface area contributed by atoms with E-state index in [1.54, 1.807) is 6.07 Å². The van der Waals surface area contributed by atoms with E-state index in [-0.39, 0.29) is 10.7 Å². The van der Waals surface area contributed by atoms with Gasteiger partial charge in [-0.15, -0.1) is 0 Å². The van der Waals surface area contributed by atoms with Gasteiger partial charge < -0.3 is 5.32 Å². The average Bonchev–Trinajstić information content (AvgIpc) is 2.88. The summed E-state index contributed by atoms with van der Waals surface area (Å²) in [5.74, 6) is -1.21. The fourth-order valence-electron chi connectivity index (χ4n) is 1.90. The number of rotatable bonds is 2. The molecule has 8 heteroatoms. The largest absolute Gasteiger partial charge is 0.308 e. The minimum atomic E-state index is -0.607. The number of nitrogens with one attached hydrogen (secondary N) is 2. The molecule has 0 spiro atoms. The zero-order valence-corrected chi connectivity index (χ0v) is 14.7. The van der Waals surface area contributed by atoms with Crippen LogP contribution < -0.4 is 10.6 Å². The van der Waals surface area contributed by atoms with Crippen molar-refractivity contribution >= 4 is 65.9 Å². The van der Waals surface area contributed by atoms with Crippen LogP contribution in [-0.2, 0) is 0 Å². The maximum absolute atomic E-state index is 13.6. The topological polar surface area (TPSA) is 54.0 Å². The molecule has 0 saturated carbocycles. The van der Waals surface area contributed by atoms with E-state index in [1.165, 1.54) is 29.5 Å². The van der Waals surface area contributed by atoms with E-state index in [2.05, 4.69) is 31.5 Å². The van der Waals surface area contributed by atoms with Crippen molar-refractivity contribution in [2.75, 3.05) is 5.32 Å². The molecule has 0 bridgehead atoms. The zero-order chi connectivity index (χ0) is 16.4. The van der Waals surface area contributed by atoms with Crippen LogP contribution in [0.1, 0.15) is 10.4 Å². The summed E-state index contributed by atoms with van der Waals surface area (Å²) in [7, 11) is 0. The molecule has 2 N–H and O–H groups in total. The number of thiazole rings is 1. The minimum absolute atomic E-state index is 0.0649. The maximum Gasteiger partial charge on any atom is 0.260 e. The van der Waals surface area contributed by atoms with Gasteiger partial charge in [0.1, 0.15) is 5.82 Å². The Bertz CT molecular complexity index is 913. The summed E-state index contributed by atoms with van der Waals surface area (Å²) in [6, 6.07) is 11.4. The number of amides is 1. The smallest absolute Gasteiger partial charge is 0.260 e. The monoisotopic (exact) mass is 409 g/mol. The van der Waals surface area contributed by atoms with Crippen molar-refractivity contribution in [3.05, 3.63) is 58.3 Å². The summed E-state index contributed by atoms with van der Waals surface area (Å²) in [4.78, 5) is 16.3. The Morgan fingerprint density at radius 2 is 2.04 bits per heavy atom. The molecule has 0 radical (unpaired) electrons. The molecular weight excluding hydrogens is 401 g/mol. The lowest BCUT2D eigenvalue weighted by molar-refractivity contribution is 0.0974. The third-order valence-electron chi connectivity index (χ3n) is 2.92. The van der Waals surface area contributed by atoms with Gasteiger partial charge in [0, 0.05) is 4.47 Å². The molecule has 2 aromatic carbocycles. The number of halogens is 2. The second kappa shape index (κ2) is 6.69. The Morgan fingerprint density at radius 1 is 1.26 bits per heavy atom. The molecule has 3 aromatic rings. The summed E-state index contributed by atoms with van der Waals surface area (Å²) in [5.41, 5.74) is 0.758. The summed E-state index contributed by atoms with van der Waals surface area (Å²) in [6.45, 7) is 0. The van der Waals surface area contributed by atoms with Gasteiger partial charge in [0.25, 0.3) is 5.91 Å². The van der Waals surface area contributed by atoms with Crippen LogP contribution in [0.25, 0.3) is 10.2 Å². The Morgan fingerprint density at radius 3 is 2.83 bits per heavy atom. The van der Waals surface area contributed by atoms with Crippen LogP contribution in [0.4, 0.5) is 9.52 Å². The van der Waals surface area contributed by atoms with Crippen molar-refractivity contribution in [3.8, 4) is 0 Å². The molecule has 116 valence electrons. The van der Waals surface area contributed by atoms with Crippen LogP contribution in [0.5, 0.6) is 0 Å². The first-order chi connectivity index (χ1) is 11.0.